The second kappa shape index (κ2) is 5.65. The summed E-state index contributed by atoms with van der Waals surface area (Å²) >= 11 is 0. The Kier molecular flexibility index (Phi) is 4.49. The van der Waals surface area contributed by atoms with Crippen molar-refractivity contribution >= 4 is 5.91 Å². The summed E-state index contributed by atoms with van der Waals surface area (Å²) in [5.74, 6) is 0.00380. The standard InChI is InChI=1S/C11H20N4O/c1-5-13-11(16)7-15-9(3)10(6-12-4)8(2)14-15/h12H,5-7H2,1-4H3,(H,13,16). The maximum atomic E-state index is 11.5. The fourth-order valence-electron chi connectivity index (χ4n) is 1.71. The van der Waals surface area contributed by atoms with Crippen LogP contribution in [0.25, 0.3) is 0 Å². The minimum absolute atomic E-state index is 0.00380. The molecule has 0 bridgehead atoms. The first-order valence-electron chi connectivity index (χ1n) is 5.54. The molecule has 1 heterocycles. The topological polar surface area (TPSA) is 59.0 Å². The van der Waals surface area contributed by atoms with E-state index in [1.165, 1.54) is 5.56 Å². The normalized spacial score (nSPS) is 10.5. The summed E-state index contributed by atoms with van der Waals surface area (Å²) in [6.07, 6.45) is 0. The zero-order valence-electron chi connectivity index (χ0n) is 10.4. The molecule has 16 heavy (non-hydrogen) atoms. The molecule has 0 aliphatic carbocycles. The first-order valence-corrected chi connectivity index (χ1v) is 5.54. The van der Waals surface area contributed by atoms with Crippen LogP contribution < -0.4 is 10.6 Å². The third-order valence-corrected chi connectivity index (χ3v) is 2.55. The summed E-state index contributed by atoms with van der Waals surface area (Å²) in [4.78, 5) is 11.5. The van der Waals surface area contributed by atoms with Crippen molar-refractivity contribution in [1.29, 1.82) is 0 Å². The highest BCUT2D eigenvalue weighted by Gasteiger charge is 2.12. The number of hydrogen-bond acceptors (Lipinski definition) is 3. The average Bonchev–Trinajstić information content (AvgIpc) is 2.47. The van der Waals surface area contributed by atoms with Crippen LogP contribution in [0.3, 0.4) is 0 Å². The number of amides is 1. The van der Waals surface area contributed by atoms with Crippen molar-refractivity contribution in [3.63, 3.8) is 0 Å². The summed E-state index contributed by atoms with van der Waals surface area (Å²) in [7, 11) is 1.90. The van der Waals surface area contributed by atoms with Crippen molar-refractivity contribution in [3.05, 3.63) is 17.0 Å². The predicted molar refractivity (Wildman–Crippen MR) is 63.1 cm³/mol. The number of rotatable bonds is 5. The highest BCUT2D eigenvalue weighted by Crippen LogP contribution is 2.12. The van der Waals surface area contributed by atoms with Gasteiger partial charge in [0.2, 0.25) is 5.91 Å². The van der Waals surface area contributed by atoms with Crippen LogP contribution in [-0.4, -0.2) is 29.3 Å². The first-order chi connectivity index (χ1) is 7.60. The molecule has 0 spiro atoms. The van der Waals surface area contributed by atoms with Gasteiger partial charge in [0.25, 0.3) is 0 Å². The van der Waals surface area contributed by atoms with Gasteiger partial charge < -0.3 is 10.6 Å². The van der Waals surface area contributed by atoms with Crippen LogP contribution in [0.2, 0.25) is 0 Å². The molecule has 0 aliphatic rings. The first kappa shape index (κ1) is 12.7. The largest absolute Gasteiger partial charge is 0.355 e. The highest BCUT2D eigenvalue weighted by atomic mass is 16.2. The lowest BCUT2D eigenvalue weighted by Gasteiger charge is -2.05. The van der Waals surface area contributed by atoms with Crippen LogP contribution in [0.4, 0.5) is 0 Å². The molecule has 5 heteroatoms. The fourth-order valence-corrected chi connectivity index (χ4v) is 1.71. The van der Waals surface area contributed by atoms with E-state index in [1.54, 1.807) is 4.68 Å². The van der Waals surface area contributed by atoms with Crippen LogP contribution in [0.5, 0.6) is 0 Å². The highest BCUT2D eigenvalue weighted by molar-refractivity contribution is 5.75. The van der Waals surface area contributed by atoms with Crippen LogP contribution in [0, 0.1) is 13.8 Å². The minimum atomic E-state index is 0.00380. The number of carbonyl (C=O) groups is 1. The Balaban J connectivity index is 2.81. The van der Waals surface area contributed by atoms with Gasteiger partial charge in [0.1, 0.15) is 6.54 Å². The minimum Gasteiger partial charge on any atom is -0.355 e. The van der Waals surface area contributed by atoms with E-state index < -0.39 is 0 Å². The molecule has 0 atom stereocenters. The monoisotopic (exact) mass is 224 g/mol. The summed E-state index contributed by atoms with van der Waals surface area (Å²) in [5, 5.41) is 10.2. The Bertz CT molecular complexity index is 370. The Morgan fingerprint density at radius 1 is 1.44 bits per heavy atom. The fraction of sp³-hybridized carbons (Fsp3) is 0.636. The summed E-state index contributed by atoms with van der Waals surface area (Å²) in [5.41, 5.74) is 3.21. The SMILES string of the molecule is CCNC(=O)Cn1nc(C)c(CNC)c1C. The lowest BCUT2D eigenvalue weighted by atomic mass is 10.2. The van der Waals surface area contributed by atoms with Gasteiger partial charge in [-0.25, -0.2) is 0 Å². The van der Waals surface area contributed by atoms with Crippen molar-refractivity contribution < 1.29 is 4.79 Å². The van der Waals surface area contributed by atoms with E-state index in [9.17, 15) is 4.79 Å². The van der Waals surface area contributed by atoms with Gasteiger partial charge in [-0.05, 0) is 27.8 Å². The third-order valence-electron chi connectivity index (χ3n) is 2.55. The molecule has 1 aromatic rings. The van der Waals surface area contributed by atoms with Crippen LogP contribution >= 0.6 is 0 Å². The summed E-state index contributed by atoms with van der Waals surface area (Å²) < 4.78 is 1.76. The molecule has 0 aliphatic heterocycles. The molecule has 2 N–H and O–H groups in total. The van der Waals surface area contributed by atoms with Gasteiger partial charge >= 0.3 is 0 Å². The van der Waals surface area contributed by atoms with Gasteiger partial charge in [-0.15, -0.1) is 0 Å². The average molecular weight is 224 g/mol. The number of likely N-dealkylation sites (N-methyl/N-ethyl adjacent to an activating group) is 1. The van der Waals surface area contributed by atoms with Gasteiger partial charge in [0.05, 0.1) is 5.69 Å². The maximum absolute atomic E-state index is 11.5. The van der Waals surface area contributed by atoms with E-state index in [2.05, 4.69) is 15.7 Å². The summed E-state index contributed by atoms with van der Waals surface area (Å²) in [6, 6.07) is 0. The van der Waals surface area contributed by atoms with Crippen LogP contribution in [0.1, 0.15) is 23.9 Å². The van der Waals surface area contributed by atoms with E-state index in [0.29, 0.717) is 13.1 Å². The van der Waals surface area contributed by atoms with Crippen molar-refractivity contribution in [2.75, 3.05) is 13.6 Å². The molecular formula is C11H20N4O. The van der Waals surface area contributed by atoms with Gasteiger partial charge in [-0.2, -0.15) is 5.10 Å². The number of hydrogen-bond donors (Lipinski definition) is 2. The second-order valence-electron chi connectivity index (χ2n) is 3.79. The number of aryl methyl sites for hydroxylation is 1. The molecule has 0 unspecified atom stereocenters. The van der Waals surface area contributed by atoms with E-state index >= 15 is 0 Å². The van der Waals surface area contributed by atoms with Crippen molar-refractivity contribution in [2.24, 2.45) is 0 Å². The van der Waals surface area contributed by atoms with E-state index in [1.807, 2.05) is 27.8 Å². The second-order valence-corrected chi connectivity index (χ2v) is 3.79. The molecule has 0 saturated carbocycles. The van der Waals surface area contributed by atoms with Gasteiger partial charge in [0.15, 0.2) is 0 Å². The molecule has 5 nitrogen and oxygen atoms in total. The van der Waals surface area contributed by atoms with E-state index in [4.69, 9.17) is 0 Å². The molecule has 0 fully saturated rings. The Hall–Kier alpha value is -1.36. The molecule has 0 radical (unpaired) electrons. The molecule has 1 aromatic heterocycles. The van der Waals surface area contributed by atoms with Gasteiger partial charge in [-0.1, -0.05) is 0 Å². The molecule has 0 saturated heterocycles. The van der Waals surface area contributed by atoms with Crippen molar-refractivity contribution in [1.82, 2.24) is 20.4 Å². The third kappa shape index (κ3) is 2.82. The van der Waals surface area contributed by atoms with Crippen molar-refractivity contribution in [2.45, 2.75) is 33.9 Å². The molecule has 1 amide bonds. The quantitative estimate of drug-likeness (QED) is 0.759. The van der Waals surface area contributed by atoms with Crippen LogP contribution in [0.15, 0.2) is 0 Å². The maximum Gasteiger partial charge on any atom is 0.241 e. The zero-order valence-corrected chi connectivity index (χ0v) is 10.4. The molecule has 1 rings (SSSR count). The smallest absolute Gasteiger partial charge is 0.241 e. The predicted octanol–water partition coefficient (Wildman–Crippen LogP) is 0.355. The van der Waals surface area contributed by atoms with Gasteiger partial charge in [0, 0.05) is 24.3 Å². The lowest BCUT2D eigenvalue weighted by molar-refractivity contribution is -0.121. The van der Waals surface area contributed by atoms with Crippen molar-refractivity contribution in [3.8, 4) is 0 Å². The number of carbonyl (C=O) groups excluding carboxylic acids is 1. The number of aromatic nitrogens is 2. The lowest BCUT2D eigenvalue weighted by Crippen LogP contribution is -2.28. The Morgan fingerprint density at radius 2 is 2.12 bits per heavy atom. The van der Waals surface area contributed by atoms with E-state index in [0.717, 1.165) is 17.9 Å². The number of nitrogens with one attached hydrogen (secondary N) is 2. The molecule has 0 aromatic carbocycles. The Labute approximate surface area is 96.2 Å². The molecular weight excluding hydrogens is 204 g/mol. The zero-order chi connectivity index (χ0) is 12.1. The van der Waals surface area contributed by atoms with E-state index in [-0.39, 0.29) is 5.91 Å². The van der Waals surface area contributed by atoms with Crippen LogP contribution in [-0.2, 0) is 17.9 Å². The summed E-state index contributed by atoms with van der Waals surface area (Å²) in [6.45, 7) is 7.60. The van der Waals surface area contributed by atoms with Gasteiger partial charge in [-0.3, -0.25) is 9.48 Å². The molecule has 90 valence electrons. The number of nitrogens with zero attached hydrogens (tertiary/aromatic N) is 2. The Morgan fingerprint density at radius 3 is 2.69 bits per heavy atom.